The van der Waals surface area contributed by atoms with Crippen LogP contribution in [0.4, 0.5) is 0 Å². The topological polar surface area (TPSA) is 60.8 Å². The Bertz CT molecular complexity index is 431. The van der Waals surface area contributed by atoms with Gasteiger partial charge in [0.15, 0.2) is 5.11 Å². The molecule has 1 aromatic rings. The van der Waals surface area contributed by atoms with Crippen LogP contribution in [0.5, 0.6) is 0 Å². The fraction of sp³-hybridized carbons (Fsp3) is 0.364. The van der Waals surface area contributed by atoms with E-state index in [4.69, 9.17) is 17.3 Å². The lowest BCUT2D eigenvalue weighted by atomic mass is 10.2. The second kappa shape index (κ2) is 6.27. The minimum atomic E-state index is -0.00760. The third kappa shape index (κ3) is 4.08. The SMILES string of the molecule is C/C(=N\NC(=S)N(C)C)c1cc(CO)ccn1. The van der Waals surface area contributed by atoms with Crippen LogP contribution in [0, 0.1) is 0 Å². The summed E-state index contributed by atoms with van der Waals surface area (Å²) in [6, 6.07) is 3.55. The first-order valence-electron chi connectivity index (χ1n) is 5.12. The highest BCUT2D eigenvalue weighted by Gasteiger charge is 2.02. The Balaban J connectivity index is 2.77. The molecule has 0 spiro atoms. The molecule has 5 nitrogen and oxygen atoms in total. The molecule has 0 saturated carbocycles. The van der Waals surface area contributed by atoms with Gasteiger partial charge < -0.3 is 10.0 Å². The summed E-state index contributed by atoms with van der Waals surface area (Å²) in [6.45, 7) is 1.82. The van der Waals surface area contributed by atoms with Gasteiger partial charge in [-0.1, -0.05) is 0 Å². The van der Waals surface area contributed by atoms with Gasteiger partial charge in [0.05, 0.1) is 18.0 Å². The van der Waals surface area contributed by atoms with Crippen molar-refractivity contribution >= 4 is 23.0 Å². The monoisotopic (exact) mass is 252 g/mol. The molecule has 2 N–H and O–H groups in total. The van der Waals surface area contributed by atoms with Crippen LogP contribution in [0.15, 0.2) is 23.4 Å². The lowest BCUT2D eigenvalue weighted by Gasteiger charge is -2.12. The zero-order valence-electron chi connectivity index (χ0n) is 10.1. The van der Waals surface area contributed by atoms with Gasteiger partial charge in [0.2, 0.25) is 0 Å². The number of hydrogen-bond donors (Lipinski definition) is 2. The molecule has 0 aliphatic carbocycles. The number of rotatable bonds is 3. The van der Waals surface area contributed by atoms with Gasteiger partial charge in [0, 0.05) is 20.3 Å². The van der Waals surface area contributed by atoms with E-state index in [2.05, 4.69) is 15.5 Å². The van der Waals surface area contributed by atoms with Crippen molar-refractivity contribution in [1.29, 1.82) is 0 Å². The molecule has 0 amide bonds. The maximum Gasteiger partial charge on any atom is 0.189 e. The Kier molecular flexibility index (Phi) is 4.99. The highest BCUT2D eigenvalue weighted by atomic mass is 32.1. The van der Waals surface area contributed by atoms with E-state index in [0.29, 0.717) is 16.5 Å². The van der Waals surface area contributed by atoms with Crippen molar-refractivity contribution in [3.8, 4) is 0 Å². The van der Waals surface area contributed by atoms with E-state index in [-0.39, 0.29) is 6.61 Å². The molecule has 0 fully saturated rings. The number of pyridine rings is 1. The third-order valence-corrected chi connectivity index (χ3v) is 2.56. The number of aliphatic hydroxyl groups excluding tert-OH is 1. The Morgan fingerprint density at radius 1 is 1.59 bits per heavy atom. The fourth-order valence-electron chi connectivity index (χ4n) is 1.06. The number of nitrogens with one attached hydrogen (secondary N) is 1. The Hall–Kier alpha value is -1.53. The number of hydrazone groups is 1. The van der Waals surface area contributed by atoms with Crippen molar-refractivity contribution in [3.63, 3.8) is 0 Å². The van der Waals surface area contributed by atoms with E-state index in [1.165, 1.54) is 0 Å². The Morgan fingerprint density at radius 3 is 2.88 bits per heavy atom. The van der Waals surface area contributed by atoms with E-state index in [1.807, 2.05) is 21.0 Å². The fourth-order valence-corrected chi connectivity index (χ4v) is 1.11. The van der Waals surface area contributed by atoms with E-state index < -0.39 is 0 Å². The van der Waals surface area contributed by atoms with Crippen molar-refractivity contribution < 1.29 is 5.11 Å². The van der Waals surface area contributed by atoms with Crippen LogP contribution in [-0.4, -0.2) is 39.9 Å². The van der Waals surface area contributed by atoms with Crippen molar-refractivity contribution in [2.75, 3.05) is 14.1 Å². The minimum Gasteiger partial charge on any atom is -0.392 e. The number of nitrogens with zero attached hydrogens (tertiary/aromatic N) is 3. The molecular formula is C11H16N4OS. The summed E-state index contributed by atoms with van der Waals surface area (Å²) in [5.41, 5.74) is 4.99. The smallest absolute Gasteiger partial charge is 0.189 e. The van der Waals surface area contributed by atoms with Gasteiger partial charge in [-0.05, 0) is 36.8 Å². The molecule has 6 heteroatoms. The van der Waals surface area contributed by atoms with Crippen LogP contribution in [0.3, 0.4) is 0 Å². The molecular weight excluding hydrogens is 236 g/mol. The average molecular weight is 252 g/mol. The Morgan fingerprint density at radius 2 is 2.29 bits per heavy atom. The zero-order valence-corrected chi connectivity index (χ0v) is 11.0. The maximum atomic E-state index is 9.02. The van der Waals surface area contributed by atoms with Crippen molar-refractivity contribution in [1.82, 2.24) is 15.3 Å². The van der Waals surface area contributed by atoms with Crippen LogP contribution in [0.2, 0.25) is 0 Å². The summed E-state index contributed by atoms with van der Waals surface area (Å²) < 4.78 is 0. The molecule has 0 bridgehead atoms. The highest BCUT2D eigenvalue weighted by Crippen LogP contribution is 2.02. The lowest BCUT2D eigenvalue weighted by Crippen LogP contribution is -2.31. The molecule has 1 heterocycles. The summed E-state index contributed by atoms with van der Waals surface area (Å²) in [4.78, 5) is 5.92. The van der Waals surface area contributed by atoms with Crippen molar-refractivity contribution in [2.24, 2.45) is 5.10 Å². The van der Waals surface area contributed by atoms with Gasteiger partial charge in [-0.25, -0.2) is 0 Å². The number of aromatic nitrogens is 1. The molecule has 0 aliphatic heterocycles. The molecule has 0 saturated heterocycles. The van der Waals surface area contributed by atoms with E-state index in [0.717, 1.165) is 5.56 Å². The van der Waals surface area contributed by atoms with E-state index in [1.54, 1.807) is 23.2 Å². The quantitative estimate of drug-likeness (QED) is 0.472. The third-order valence-electron chi connectivity index (χ3n) is 2.10. The lowest BCUT2D eigenvalue weighted by molar-refractivity contribution is 0.281. The highest BCUT2D eigenvalue weighted by molar-refractivity contribution is 7.80. The van der Waals surface area contributed by atoms with Crippen LogP contribution >= 0.6 is 12.2 Å². The van der Waals surface area contributed by atoms with Crippen LogP contribution < -0.4 is 5.43 Å². The van der Waals surface area contributed by atoms with Gasteiger partial charge in [-0.15, -0.1) is 0 Å². The average Bonchev–Trinajstić information content (AvgIpc) is 2.35. The summed E-state index contributed by atoms with van der Waals surface area (Å²) in [5.74, 6) is 0. The van der Waals surface area contributed by atoms with Gasteiger partial charge in [0.25, 0.3) is 0 Å². The summed E-state index contributed by atoms with van der Waals surface area (Å²) >= 11 is 5.04. The van der Waals surface area contributed by atoms with Crippen molar-refractivity contribution in [3.05, 3.63) is 29.6 Å². The van der Waals surface area contributed by atoms with Gasteiger partial charge >= 0.3 is 0 Å². The number of thiocarbonyl (C=S) groups is 1. The van der Waals surface area contributed by atoms with Gasteiger partial charge in [0.1, 0.15) is 0 Å². The Labute approximate surface area is 106 Å². The van der Waals surface area contributed by atoms with E-state index >= 15 is 0 Å². The van der Waals surface area contributed by atoms with Crippen LogP contribution in [-0.2, 0) is 6.61 Å². The van der Waals surface area contributed by atoms with E-state index in [9.17, 15) is 0 Å². The molecule has 0 radical (unpaired) electrons. The zero-order chi connectivity index (χ0) is 12.8. The standard InChI is InChI=1S/C11H16N4OS/c1-8(13-14-11(17)15(2)3)10-6-9(7-16)4-5-12-10/h4-6,16H,7H2,1-3H3,(H,14,17)/b13-8+. The molecule has 17 heavy (non-hydrogen) atoms. The second-order valence-corrected chi connectivity index (χ2v) is 4.10. The molecule has 0 aliphatic rings. The first-order chi connectivity index (χ1) is 8.04. The summed E-state index contributed by atoms with van der Waals surface area (Å²) in [7, 11) is 3.68. The summed E-state index contributed by atoms with van der Waals surface area (Å²) in [5, 5.41) is 13.7. The number of hydrogen-bond acceptors (Lipinski definition) is 4. The van der Waals surface area contributed by atoms with Gasteiger partial charge in [-0.3, -0.25) is 10.4 Å². The van der Waals surface area contributed by atoms with Crippen LogP contribution in [0.1, 0.15) is 18.2 Å². The van der Waals surface area contributed by atoms with Gasteiger partial charge in [-0.2, -0.15) is 5.10 Å². The molecule has 1 aromatic heterocycles. The number of aliphatic hydroxyl groups is 1. The summed E-state index contributed by atoms with van der Waals surface area (Å²) in [6.07, 6.45) is 1.64. The molecule has 0 aromatic carbocycles. The van der Waals surface area contributed by atoms with Crippen molar-refractivity contribution in [2.45, 2.75) is 13.5 Å². The van der Waals surface area contributed by atoms with Crippen LogP contribution in [0.25, 0.3) is 0 Å². The second-order valence-electron chi connectivity index (χ2n) is 3.72. The molecule has 1 rings (SSSR count). The molecule has 0 unspecified atom stereocenters. The largest absolute Gasteiger partial charge is 0.392 e. The minimum absolute atomic E-state index is 0.00760. The predicted octanol–water partition coefficient (Wildman–Crippen LogP) is 0.734. The predicted molar refractivity (Wildman–Crippen MR) is 71.8 cm³/mol. The molecule has 0 atom stereocenters. The normalized spacial score (nSPS) is 11.2. The first kappa shape index (κ1) is 13.5. The molecule has 92 valence electrons. The maximum absolute atomic E-state index is 9.02. The first-order valence-corrected chi connectivity index (χ1v) is 5.53.